The van der Waals surface area contributed by atoms with Gasteiger partial charge in [0.2, 0.25) is 5.91 Å². The predicted octanol–water partition coefficient (Wildman–Crippen LogP) is 1.82. The van der Waals surface area contributed by atoms with E-state index in [1.807, 2.05) is 12.1 Å². The van der Waals surface area contributed by atoms with Crippen molar-refractivity contribution in [3.8, 4) is 0 Å². The number of carbonyl (C=O) groups excluding carboxylic acids is 1. The van der Waals surface area contributed by atoms with E-state index in [0.29, 0.717) is 12.5 Å². The molecule has 1 rings (SSSR count). The summed E-state index contributed by atoms with van der Waals surface area (Å²) >= 11 is 0. The minimum atomic E-state index is -0.0282. The van der Waals surface area contributed by atoms with Gasteiger partial charge in [-0.3, -0.25) is 4.79 Å². The first-order chi connectivity index (χ1) is 9.63. The number of unbranched alkanes of at least 4 members (excludes halogenated alkanes) is 1. The number of amides is 1. The highest BCUT2D eigenvalue weighted by atomic mass is 127. The molecule has 0 spiro atoms. The minimum Gasteiger partial charge on any atom is -0.467 e. The van der Waals surface area contributed by atoms with Gasteiger partial charge in [0, 0.05) is 20.6 Å². The fourth-order valence-corrected chi connectivity index (χ4v) is 1.43. The molecule has 0 aliphatic heterocycles. The van der Waals surface area contributed by atoms with Crippen LogP contribution in [0.2, 0.25) is 0 Å². The third-order valence-electron chi connectivity index (χ3n) is 2.70. The van der Waals surface area contributed by atoms with Crippen molar-refractivity contribution < 1.29 is 9.21 Å². The molecule has 1 aromatic rings. The minimum absolute atomic E-state index is 0. The zero-order valence-electron chi connectivity index (χ0n) is 12.9. The lowest BCUT2D eigenvalue weighted by Crippen LogP contribution is -2.38. The Bertz CT molecular complexity index is 419. The van der Waals surface area contributed by atoms with Crippen LogP contribution in [-0.4, -0.2) is 44.0 Å². The normalized spacial score (nSPS) is 10.7. The van der Waals surface area contributed by atoms with Gasteiger partial charge in [-0.2, -0.15) is 0 Å². The van der Waals surface area contributed by atoms with E-state index in [1.54, 1.807) is 20.4 Å². The summed E-state index contributed by atoms with van der Waals surface area (Å²) < 4.78 is 5.25. The summed E-state index contributed by atoms with van der Waals surface area (Å²) in [6.07, 6.45) is 3.80. The number of nitrogens with one attached hydrogen (secondary N) is 2. The molecule has 6 nitrogen and oxygen atoms in total. The molecule has 0 radical (unpaired) electrons. The van der Waals surface area contributed by atoms with E-state index in [2.05, 4.69) is 22.5 Å². The van der Waals surface area contributed by atoms with Crippen LogP contribution in [0.3, 0.4) is 0 Å². The molecule has 1 heterocycles. The number of guanidine groups is 1. The molecule has 21 heavy (non-hydrogen) atoms. The van der Waals surface area contributed by atoms with Crippen molar-refractivity contribution >= 4 is 35.8 Å². The summed E-state index contributed by atoms with van der Waals surface area (Å²) in [4.78, 5) is 17.4. The molecule has 0 unspecified atom stereocenters. The molecule has 0 saturated carbocycles. The number of furan rings is 1. The highest BCUT2D eigenvalue weighted by Gasteiger charge is 2.05. The summed E-state index contributed by atoms with van der Waals surface area (Å²) in [6.45, 7) is 3.63. The number of hydrogen-bond acceptors (Lipinski definition) is 3. The molecule has 1 aromatic heterocycles. The number of nitrogens with zero attached hydrogens (tertiary/aromatic N) is 2. The number of hydrogen-bond donors (Lipinski definition) is 2. The van der Waals surface area contributed by atoms with Crippen LogP contribution in [0.15, 0.2) is 27.8 Å². The maximum atomic E-state index is 11.6. The summed E-state index contributed by atoms with van der Waals surface area (Å²) in [5.74, 6) is 1.43. The second-order valence-electron chi connectivity index (χ2n) is 4.67. The van der Waals surface area contributed by atoms with Crippen LogP contribution in [0.1, 0.15) is 25.5 Å². The van der Waals surface area contributed by atoms with Gasteiger partial charge in [0.25, 0.3) is 0 Å². The summed E-state index contributed by atoms with van der Waals surface area (Å²) in [5, 5.41) is 6.35. The fraction of sp³-hybridized carbons (Fsp3) is 0.571. The van der Waals surface area contributed by atoms with Crippen molar-refractivity contribution in [3.05, 3.63) is 24.2 Å². The second kappa shape index (κ2) is 11.4. The maximum absolute atomic E-state index is 11.6. The van der Waals surface area contributed by atoms with Crippen molar-refractivity contribution in [3.63, 3.8) is 0 Å². The molecule has 0 aliphatic rings. The molecule has 0 bridgehead atoms. The molecule has 0 atom stereocenters. The van der Waals surface area contributed by atoms with Crippen LogP contribution >= 0.6 is 24.0 Å². The zero-order chi connectivity index (χ0) is 14.8. The Kier molecular flexibility index (Phi) is 10.7. The zero-order valence-corrected chi connectivity index (χ0v) is 15.2. The van der Waals surface area contributed by atoms with E-state index < -0.39 is 0 Å². The molecule has 0 saturated heterocycles. The number of carbonyl (C=O) groups is 1. The second-order valence-corrected chi connectivity index (χ2v) is 4.67. The van der Waals surface area contributed by atoms with E-state index in [4.69, 9.17) is 4.42 Å². The topological polar surface area (TPSA) is 69.9 Å². The van der Waals surface area contributed by atoms with Gasteiger partial charge in [-0.05, 0) is 18.6 Å². The van der Waals surface area contributed by atoms with E-state index in [-0.39, 0.29) is 36.4 Å². The highest BCUT2D eigenvalue weighted by Crippen LogP contribution is 1.98. The predicted molar refractivity (Wildman–Crippen MR) is 94.9 cm³/mol. The van der Waals surface area contributed by atoms with Crippen LogP contribution in [0.4, 0.5) is 0 Å². The quantitative estimate of drug-likeness (QED) is 0.313. The smallest absolute Gasteiger partial charge is 0.243 e. The number of rotatable bonds is 7. The largest absolute Gasteiger partial charge is 0.467 e. The Labute approximate surface area is 143 Å². The van der Waals surface area contributed by atoms with E-state index in [0.717, 1.165) is 25.1 Å². The van der Waals surface area contributed by atoms with Gasteiger partial charge in [0.1, 0.15) is 12.3 Å². The average molecular weight is 408 g/mol. The van der Waals surface area contributed by atoms with Gasteiger partial charge < -0.3 is 20.0 Å². The Balaban J connectivity index is 0.00000400. The van der Waals surface area contributed by atoms with Crippen LogP contribution < -0.4 is 10.6 Å². The molecular formula is C14H25IN4O2. The number of aliphatic imine (C=N–C) groups is 1. The number of likely N-dealkylation sites (N-methyl/N-ethyl adjacent to an activating group) is 1. The third-order valence-corrected chi connectivity index (χ3v) is 2.70. The standard InChI is InChI=1S/C14H24N4O2.HI/c1-4-5-8-15-14(17-11-13(19)18(2)3)16-10-12-7-6-9-20-12;/h6-7,9H,4-5,8,10-11H2,1-3H3,(H2,15,16,17);1H. The van der Waals surface area contributed by atoms with E-state index >= 15 is 0 Å². The SMILES string of the molecule is CCCCNC(=NCC(=O)N(C)C)NCc1ccco1.I. The first-order valence-electron chi connectivity index (χ1n) is 6.88. The van der Waals surface area contributed by atoms with Crippen LogP contribution in [-0.2, 0) is 11.3 Å². The van der Waals surface area contributed by atoms with E-state index in [1.165, 1.54) is 4.90 Å². The van der Waals surface area contributed by atoms with Gasteiger partial charge in [0.05, 0.1) is 12.8 Å². The summed E-state index contributed by atoms with van der Waals surface area (Å²) in [6, 6.07) is 3.73. The molecule has 2 N–H and O–H groups in total. The van der Waals surface area contributed by atoms with Crippen molar-refractivity contribution in [1.29, 1.82) is 0 Å². The molecule has 1 amide bonds. The Morgan fingerprint density at radius 2 is 2.14 bits per heavy atom. The Morgan fingerprint density at radius 1 is 1.38 bits per heavy atom. The first-order valence-corrected chi connectivity index (χ1v) is 6.88. The van der Waals surface area contributed by atoms with Crippen molar-refractivity contribution in [2.24, 2.45) is 4.99 Å². The van der Waals surface area contributed by atoms with Crippen LogP contribution in [0.25, 0.3) is 0 Å². The Morgan fingerprint density at radius 3 is 2.71 bits per heavy atom. The van der Waals surface area contributed by atoms with Gasteiger partial charge >= 0.3 is 0 Å². The van der Waals surface area contributed by atoms with Gasteiger partial charge in [-0.1, -0.05) is 13.3 Å². The third kappa shape index (κ3) is 8.59. The number of halogens is 1. The molecular weight excluding hydrogens is 383 g/mol. The van der Waals surface area contributed by atoms with Gasteiger partial charge in [-0.15, -0.1) is 24.0 Å². The molecule has 0 fully saturated rings. The van der Waals surface area contributed by atoms with Crippen molar-refractivity contribution in [2.45, 2.75) is 26.3 Å². The molecule has 7 heteroatoms. The van der Waals surface area contributed by atoms with Gasteiger partial charge in [-0.25, -0.2) is 4.99 Å². The first kappa shape index (κ1) is 19.8. The summed E-state index contributed by atoms with van der Waals surface area (Å²) in [7, 11) is 3.44. The fourth-order valence-electron chi connectivity index (χ4n) is 1.43. The Hall–Kier alpha value is -1.25. The lowest BCUT2D eigenvalue weighted by molar-refractivity contribution is -0.127. The lowest BCUT2D eigenvalue weighted by atomic mass is 10.3. The maximum Gasteiger partial charge on any atom is 0.243 e. The van der Waals surface area contributed by atoms with Crippen LogP contribution in [0, 0.1) is 0 Å². The highest BCUT2D eigenvalue weighted by molar-refractivity contribution is 14.0. The molecule has 120 valence electrons. The average Bonchev–Trinajstić information content (AvgIpc) is 2.94. The summed E-state index contributed by atoms with van der Waals surface area (Å²) in [5.41, 5.74) is 0. The lowest BCUT2D eigenvalue weighted by Gasteiger charge is -2.12. The molecule has 0 aliphatic carbocycles. The van der Waals surface area contributed by atoms with E-state index in [9.17, 15) is 4.79 Å². The van der Waals surface area contributed by atoms with Crippen molar-refractivity contribution in [2.75, 3.05) is 27.2 Å². The van der Waals surface area contributed by atoms with Crippen LogP contribution in [0.5, 0.6) is 0 Å². The molecule has 0 aromatic carbocycles. The van der Waals surface area contributed by atoms with Crippen molar-refractivity contribution in [1.82, 2.24) is 15.5 Å². The van der Waals surface area contributed by atoms with Gasteiger partial charge in [0.15, 0.2) is 5.96 Å². The monoisotopic (exact) mass is 408 g/mol.